The summed E-state index contributed by atoms with van der Waals surface area (Å²) in [6, 6.07) is 1.46. The van der Waals surface area contributed by atoms with E-state index in [1.54, 1.807) is 0 Å². The Morgan fingerprint density at radius 1 is 1.42 bits per heavy atom. The summed E-state index contributed by atoms with van der Waals surface area (Å²) in [5.41, 5.74) is 0. The van der Waals surface area contributed by atoms with E-state index in [-0.39, 0.29) is 0 Å². The molecule has 0 amide bonds. The first kappa shape index (κ1) is 10.0. The lowest BCUT2D eigenvalue weighted by Gasteiger charge is -2.42. The van der Waals surface area contributed by atoms with Gasteiger partial charge in [-0.3, -0.25) is 0 Å². The van der Waals surface area contributed by atoms with Crippen molar-refractivity contribution < 1.29 is 0 Å². The topological polar surface area (TPSA) is 15.3 Å². The molecule has 0 bridgehead atoms. The maximum atomic E-state index is 3.40. The Kier molecular flexibility index (Phi) is 3.53. The number of nitrogens with one attached hydrogen (secondary N) is 1. The molecule has 0 aromatic heterocycles. The van der Waals surface area contributed by atoms with E-state index in [1.165, 1.54) is 19.5 Å². The predicted molar refractivity (Wildman–Crippen MR) is 53.3 cm³/mol. The molecular weight excluding hydrogens is 148 g/mol. The van der Waals surface area contributed by atoms with Gasteiger partial charge < -0.3 is 10.2 Å². The molecular formula is C10H22N2. The molecule has 1 fully saturated rings. The molecule has 2 nitrogen and oxygen atoms in total. The molecule has 1 aliphatic rings. The van der Waals surface area contributed by atoms with Gasteiger partial charge in [-0.05, 0) is 39.4 Å². The van der Waals surface area contributed by atoms with E-state index in [0.29, 0.717) is 0 Å². The monoisotopic (exact) mass is 170 g/mol. The predicted octanol–water partition coefficient (Wildman–Crippen LogP) is 1.32. The second-order valence-corrected chi connectivity index (χ2v) is 3.91. The van der Waals surface area contributed by atoms with E-state index in [0.717, 1.165) is 18.0 Å². The van der Waals surface area contributed by atoms with Gasteiger partial charge in [0.15, 0.2) is 0 Å². The zero-order valence-electron chi connectivity index (χ0n) is 8.80. The fraction of sp³-hybridized carbons (Fsp3) is 1.00. The molecule has 1 aliphatic heterocycles. The van der Waals surface area contributed by atoms with Crippen LogP contribution >= 0.6 is 0 Å². The van der Waals surface area contributed by atoms with Gasteiger partial charge in [-0.15, -0.1) is 0 Å². The molecule has 0 aromatic carbocycles. The van der Waals surface area contributed by atoms with Crippen LogP contribution in [0, 0.1) is 5.92 Å². The van der Waals surface area contributed by atoms with E-state index in [2.05, 4.69) is 38.0 Å². The molecule has 12 heavy (non-hydrogen) atoms. The molecule has 3 atom stereocenters. The molecule has 0 aromatic rings. The van der Waals surface area contributed by atoms with Crippen LogP contribution in [0.5, 0.6) is 0 Å². The highest BCUT2D eigenvalue weighted by molar-refractivity contribution is 4.87. The van der Waals surface area contributed by atoms with Crippen LogP contribution < -0.4 is 5.32 Å². The van der Waals surface area contributed by atoms with Gasteiger partial charge in [-0.25, -0.2) is 0 Å². The minimum Gasteiger partial charge on any atom is -0.317 e. The van der Waals surface area contributed by atoms with Crippen molar-refractivity contribution >= 4 is 0 Å². The van der Waals surface area contributed by atoms with Crippen LogP contribution in [0.2, 0.25) is 0 Å². The Morgan fingerprint density at radius 2 is 2.08 bits per heavy atom. The number of piperidine rings is 1. The SMILES string of the molecule is CCN1CCC(NC)C(C)C1C. The van der Waals surface area contributed by atoms with Gasteiger partial charge in [-0.1, -0.05) is 13.8 Å². The van der Waals surface area contributed by atoms with Crippen molar-refractivity contribution in [2.24, 2.45) is 5.92 Å². The molecule has 72 valence electrons. The molecule has 1 N–H and O–H groups in total. The molecule has 3 unspecified atom stereocenters. The van der Waals surface area contributed by atoms with Crippen molar-refractivity contribution in [1.82, 2.24) is 10.2 Å². The van der Waals surface area contributed by atoms with Crippen molar-refractivity contribution in [2.45, 2.75) is 39.3 Å². The zero-order valence-corrected chi connectivity index (χ0v) is 8.80. The molecule has 0 aliphatic carbocycles. The molecule has 0 radical (unpaired) electrons. The lowest BCUT2D eigenvalue weighted by molar-refractivity contribution is 0.0932. The normalized spacial score (nSPS) is 38.5. The van der Waals surface area contributed by atoms with Crippen molar-refractivity contribution in [1.29, 1.82) is 0 Å². The highest BCUT2D eigenvalue weighted by Gasteiger charge is 2.30. The van der Waals surface area contributed by atoms with Gasteiger partial charge in [0.2, 0.25) is 0 Å². The summed E-state index contributed by atoms with van der Waals surface area (Å²) in [6.07, 6.45) is 1.30. The van der Waals surface area contributed by atoms with E-state index >= 15 is 0 Å². The lowest BCUT2D eigenvalue weighted by atomic mass is 9.87. The van der Waals surface area contributed by atoms with Gasteiger partial charge in [0.05, 0.1) is 0 Å². The van der Waals surface area contributed by atoms with Crippen LogP contribution in [0.4, 0.5) is 0 Å². The summed E-state index contributed by atoms with van der Waals surface area (Å²) in [5, 5.41) is 3.40. The average molecular weight is 170 g/mol. The minimum atomic E-state index is 0.725. The Morgan fingerprint density at radius 3 is 2.58 bits per heavy atom. The van der Waals surface area contributed by atoms with Crippen molar-refractivity contribution in [3.63, 3.8) is 0 Å². The zero-order chi connectivity index (χ0) is 9.14. The molecule has 0 spiro atoms. The fourth-order valence-electron chi connectivity index (χ4n) is 2.29. The summed E-state index contributed by atoms with van der Waals surface area (Å²) in [6.45, 7) is 9.41. The Hall–Kier alpha value is -0.0800. The first-order valence-electron chi connectivity index (χ1n) is 5.12. The summed E-state index contributed by atoms with van der Waals surface area (Å²) >= 11 is 0. The molecule has 1 rings (SSSR count). The third-order valence-electron chi connectivity index (χ3n) is 3.48. The first-order valence-corrected chi connectivity index (χ1v) is 5.12. The molecule has 1 saturated heterocycles. The van der Waals surface area contributed by atoms with Gasteiger partial charge in [0.1, 0.15) is 0 Å². The second kappa shape index (κ2) is 4.24. The maximum absolute atomic E-state index is 3.40. The fourth-order valence-corrected chi connectivity index (χ4v) is 2.29. The van der Waals surface area contributed by atoms with Crippen LogP contribution in [-0.4, -0.2) is 37.1 Å². The Balaban J connectivity index is 2.52. The number of hydrogen-bond donors (Lipinski definition) is 1. The highest BCUT2D eigenvalue weighted by atomic mass is 15.2. The maximum Gasteiger partial charge on any atom is 0.0117 e. The summed E-state index contributed by atoms with van der Waals surface area (Å²) < 4.78 is 0. The largest absolute Gasteiger partial charge is 0.317 e. The van der Waals surface area contributed by atoms with E-state index < -0.39 is 0 Å². The number of likely N-dealkylation sites (tertiary alicyclic amines) is 1. The highest BCUT2D eigenvalue weighted by Crippen LogP contribution is 2.22. The van der Waals surface area contributed by atoms with Crippen LogP contribution in [0.15, 0.2) is 0 Å². The Bertz CT molecular complexity index is 120. The minimum absolute atomic E-state index is 0.725. The second-order valence-electron chi connectivity index (χ2n) is 3.91. The van der Waals surface area contributed by atoms with Crippen molar-refractivity contribution in [3.05, 3.63) is 0 Å². The molecule has 2 heteroatoms. The van der Waals surface area contributed by atoms with E-state index in [1.807, 2.05) is 0 Å². The summed E-state index contributed by atoms with van der Waals surface area (Å²) in [7, 11) is 2.08. The number of nitrogens with zero attached hydrogens (tertiary/aromatic N) is 1. The van der Waals surface area contributed by atoms with Gasteiger partial charge >= 0.3 is 0 Å². The van der Waals surface area contributed by atoms with Crippen molar-refractivity contribution in [3.8, 4) is 0 Å². The van der Waals surface area contributed by atoms with E-state index in [9.17, 15) is 0 Å². The first-order chi connectivity index (χ1) is 5.70. The van der Waals surface area contributed by atoms with Crippen molar-refractivity contribution in [2.75, 3.05) is 20.1 Å². The quantitative estimate of drug-likeness (QED) is 0.672. The standard InChI is InChI=1S/C10H22N2/c1-5-12-7-6-10(11-4)8(2)9(12)3/h8-11H,5-7H2,1-4H3. The van der Waals surface area contributed by atoms with Gasteiger partial charge in [-0.2, -0.15) is 0 Å². The molecule has 0 saturated carbocycles. The van der Waals surface area contributed by atoms with Crippen LogP contribution in [0.25, 0.3) is 0 Å². The lowest BCUT2D eigenvalue weighted by Crippen LogP contribution is -2.52. The number of hydrogen-bond acceptors (Lipinski definition) is 2. The van der Waals surface area contributed by atoms with Gasteiger partial charge in [0.25, 0.3) is 0 Å². The smallest absolute Gasteiger partial charge is 0.0117 e. The van der Waals surface area contributed by atoms with Crippen LogP contribution in [0.1, 0.15) is 27.2 Å². The number of rotatable bonds is 2. The third-order valence-corrected chi connectivity index (χ3v) is 3.48. The van der Waals surface area contributed by atoms with E-state index in [4.69, 9.17) is 0 Å². The summed E-state index contributed by atoms with van der Waals surface area (Å²) in [4.78, 5) is 2.57. The average Bonchev–Trinajstić information content (AvgIpc) is 2.10. The van der Waals surface area contributed by atoms with Gasteiger partial charge in [0, 0.05) is 12.1 Å². The molecule has 1 heterocycles. The van der Waals surface area contributed by atoms with Crippen LogP contribution in [-0.2, 0) is 0 Å². The van der Waals surface area contributed by atoms with Crippen LogP contribution in [0.3, 0.4) is 0 Å². The summed E-state index contributed by atoms with van der Waals surface area (Å²) in [5.74, 6) is 0.781. The Labute approximate surface area is 76.3 Å². The third kappa shape index (κ3) is 1.80.